The summed E-state index contributed by atoms with van der Waals surface area (Å²) in [5.41, 5.74) is 4.49. The van der Waals surface area contributed by atoms with Crippen LogP contribution < -0.4 is 15.0 Å². The van der Waals surface area contributed by atoms with Gasteiger partial charge in [0.2, 0.25) is 0 Å². The Balaban J connectivity index is 1.55. The fourth-order valence-corrected chi connectivity index (χ4v) is 4.28. The number of nitrogens with one attached hydrogen (secondary N) is 1. The second-order valence-corrected chi connectivity index (χ2v) is 7.64. The lowest BCUT2D eigenvalue weighted by Crippen LogP contribution is -2.22. The van der Waals surface area contributed by atoms with Crippen LogP contribution in [-0.4, -0.2) is 46.8 Å². The highest BCUT2D eigenvalue weighted by atomic mass is 16.5. The fraction of sp³-hybridized carbons (Fsp3) is 0.455. The molecule has 1 unspecified atom stereocenters. The molecule has 1 atom stereocenters. The molecule has 29 heavy (non-hydrogen) atoms. The molecule has 1 aliphatic rings. The predicted molar refractivity (Wildman–Crippen MR) is 112 cm³/mol. The minimum atomic E-state index is 0.0113. The van der Waals surface area contributed by atoms with E-state index in [1.54, 1.807) is 18.7 Å². The van der Waals surface area contributed by atoms with Crippen LogP contribution in [0.5, 0.6) is 11.5 Å². The van der Waals surface area contributed by atoms with E-state index in [1.807, 2.05) is 38.1 Å². The number of ether oxygens (including phenoxy) is 2. The zero-order valence-corrected chi connectivity index (χ0v) is 17.5. The van der Waals surface area contributed by atoms with Gasteiger partial charge in [-0.3, -0.25) is 14.8 Å². The van der Waals surface area contributed by atoms with Crippen LogP contribution in [0.3, 0.4) is 0 Å². The largest absolute Gasteiger partial charge is 0.497 e. The Kier molecular flexibility index (Phi) is 5.32. The van der Waals surface area contributed by atoms with E-state index in [2.05, 4.69) is 15.0 Å². The van der Waals surface area contributed by atoms with E-state index in [0.29, 0.717) is 18.0 Å². The Bertz CT molecular complexity index is 1090. The van der Waals surface area contributed by atoms with Gasteiger partial charge in [-0.2, -0.15) is 0 Å². The molecule has 0 radical (unpaired) electrons. The first-order valence-corrected chi connectivity index (χ1v) is 10.1. The molecular formula is C22H28N4O3. The molecule has 0 bridgehead atoms. The molecule has 3 heterocycles. The minimum Gasteiger partial charge on any atom is -0.497 e. The quantitative estimate of drug-likeness (QED) is 0.694. The van der Waals surface area contributed by atoms with Crippen molar-refractivity contribution < 1.29 is 9.47 Å². The van der Waals surface area contributed by atoms with Crippen molar-refractivity contribution in [3.8, 4) is 11.5 Å². The molecule has 3 aromatic rings. The Morgan fingerprint density at radius 1 is 1.24 bits per heavy atom. The number of fused-ring (bicyclic) bond motifs is 1. The molecule has 0 aliphatic carbocycles. The van der Waals surface area contributed by atoms with Crippen molar-refractivity contribution in [2.24, 2.45) is 0 Å². The van der Waals surface area contributed by atoms with Crippen molar-refractivity contribution in [3.63, 3.8) is 0 Å². The summed E-state index contributed by atoms with van der Waals surface area (Å²) in [5, 5.41) is 3.30. The third-order valence-electron chi connectivity index (χ3n) is 5.88. The second-order valence-electron chi connectivity index (χ2n) is 7.64. The number of likely N-dealkylation sites (tertiary alicyclic amines) is 1. The van der Waals surface area contributed by atoms with E-state index in [0.717, 1.165) is 60.1 Å². The van der Waals surface area contributed by atoms with Crippen molar-refractivity contribution in [2.45, 2.75) is 39.2 Å². The van der Waals surface area contributed by atoms with Gasteiger partial charge in [-0.1, -0.05) is 6.92 Å². The number of benzene rings is 1. The van der Waals surface area contributed by atoms with E-state index in [-0.39, 0.29) is 5.56 Å². The summed E-state index contributed by atoms with van der Waals surface area (Å²) in [6.07, 6.45) is 1.72. The predicted octanol–water partition coefficient (Wildman–Crippen LogP) is 2.90. The van der Waals surface area contributed by atoms with Crippen molar-refractivity contribution in [1.82, 2.24) is 19.5 Å². The van der Waals surface area contributed by atoms with Gasteiger partial charge < -0.3 is 9.47 Å². The number of rotatable bonds is 6. The number of aryl methyl sites for hydroxylation is 1. The van der Waals surface area contributed by atoms with Crippen molar-refractivity contribution in [2.75, 3.05) is 27.3 Å². The summed E-state index contributed by atoms with van der Waals surface area (Å²) in [5.74, 6) is 2.05. The van der Waals surface area contributed by atoms with E-state index in [9.17, 15) is 4.79 Å². The molecule has 0 saturated carbocycles. The van der Waals surface area contributed by atoms with Crippen LogP contribution in [0.25, 0.3) is 5.65 Å². The number of nitrogens with zero attached hydrogens (tertiary/aromatic N) is 3. The van der Waals surface area contributed by atoms with Gasteiger partial charge in [0.1, 0.15) is 11.5 Å². The molecule has 1 fully saturated rings. The third kappa shape index (κ3) is 3.62. The highest BCUT2D eigenvalue weighted by Crippen LogP contribution is 2.31. The number of methoxy groups -OCH3 is 2. The lowest BCUT2D eigenvalue weighted by Gasteiger charge is -2.18. The molecule has 0 amide bonds. The van der Waals surface area contributed by atoms with Gasteiger partial charge in [0.25, 0.3) is 5.56 Å². The first-order valence-electron chi connectivity index (χ1n) is 10.1. The van der Waals surface area contributed by atoms with Crippen LogP contribution >= 0.6 is 0 Å². The lowest BCUT2D eigenvalue weighted by atomic mass is 10.1. The van der Waals surface area contributed by atoms with E-state index in [4.69, 9.17) is 9.47 Å². The highest BCUT2D eigenvalue weighted by molar-refractivity contribution is 5.43. The molecule has 1 N–H and O–H groups in total. The van der Waals surface area contributed by atoms with Gasteiger partial charge in [-0.25, -0.2) is 9.50 Å². The number of aromatic amines is 1. The average molecular weight is 396 g/mol. The number of aromatic nitrogens is 3. The zero-order valence-electron chi connectivity index (χ0n) is 17.5. The Hall–Kier alpha value is -2.80. The summed E-state index contributed by atoms with van der Waals surface area (Å²) in [7, 11) is 3.37. The number of H-pyrrole nitrogens is 1. The summed E-state index contributed by atoms with van der Waals surface area (Å²) in [6, 6.07) is 7.92. The topological polar surface area (TPSA) is 71.9 Å². The number of hydrogen-bond acceptors (Lipinski definition) is 5. The first kappa shape index (κ1) is 19.5. The van der Waals surface area contributed by atoms with Gasteiger partial charge >= 0.3 is 0 Å². The summed E-state index contributed by atoms with van der Waals surface area (Å²) in [4.78, 5) is 19.7. The third-order valence-corrected chi connectivity index (χ3v) is 5.88. The SMILES string of the molecule is CCc1c(C)nc2cc(C3CCN(Cc4cc(OC)ccc4OC)C3)[nH]n2c1=O. The molecule has 2 aromatic heterocycles. The minimum absolute atomic E-state index is 0.0113. The fourth-order valence-electron chi connectivity index (χ4n) is 4.28. The monoisotopic (exact) mass is 396 g/mol. The van der Waals surface area contributed by atoms with Crippen molar-refractivity contribution in [3.05, 3.63) is 57.1 Å². The number of hydrogen-bond donors (Lipinski definition) is 1. The lowest BCUT2D eigenvalue weighted by molar-refractivity contribution is 0.315. The molecule has 7 heteroatoms. The first-order chi connectivity index (χ1) is 14.0. The van der Waals surface area contributed by atoms with Crippen LogP contribution in [-0.2, 0) is 13.0 Å². The van der Waals surface area contributed by atoms with E-state index >= 15 is 0 Å². The average Bonchev–Trinajstić information content (AvgIpc) is 3.35. The maximum atomic E-state index is 12.7. The Morgan fingerprint density at radius 2 is 2.07 bits per heavy atom. The normalized spacial score (nSPS) is 17.2. The zero-order chi connectivity index (χ0) is 20.5. The Morgan fingerprint density at radius 3 is 2.79 bits per heavy atom. The van der Waals surface area contributed by atoms with E-state index in [1.165, 1.54) is 0 Å². The van der Waals surface area contributed by atoms with Crippen LogP contribution in [0.4, 0.5) is 0 Å². The molecule has 4 rings (SSSR count). The Labute approximate surface area is 170 Å². The maximum Gasteiger partial charge on any atom is 0.276 e. The molecule has 0 spiro atoms. The van der Waals surface area contributed by atoms with Gasteiger partial charge in [0.15, 0.2) is 5.65 Å². The van der Waals surface area contributed by atoms with Gasteiger partial charge in [0.05, 0.1) is 14.2 Å². The summed E-state index contributed by atoms with van der Waals surface area (Å²) < 4.78 is 12.5. The van der Waals surface area contributed by atoms with Crippen molar-refractivity contribution >= 4 is 5.65 Å². The summed E-state index contributed by atoms with van der Waals surface area (Å²) >= 11 is 0. The van der Waals surface area contributed by atoms with E-state index < -0.39 is 0 Å². The van der Waals surface area contributed by atoms with Crippen LogP contribution in [0, 0.1) is 6.92 Å². The molecule has 1 aromatic carbocycles. The van der Waals surface area contributed by atoms with Gasteiger partial charge in [0, 0.05) is 47.6 Å². The molecule has 1 saturated heterocycles. The van der Waals surface area contributed by atoms with Gasteiger partial charge in [-0.05, 0) is 44.5 Å². The van der Waals surface area contributed by atoms with Crippen LogP contribution in [0.15, 0.2) is 29.1 Å². The van der Waals surface area contributed by atoms with Crippen LogP contribution in [0.1, 0.15) is 41.8 Å². The van der Waals surface area contributed by atoms with Crippen molar-refractivity contribution in [1.29, 1.82) is 0 Å². The molecule has 1 aliphatic heterocycles. The van der Waals surface area contributed by atoms with Gasteiger partial charge in [-0.15, -0.1) is 0 Å². The highest BCUT2D eigenvalue weighted by Gasteiger charge is 2.26. The second kappa shape index (κ2) is 7.91. The molecule has 154 valence electrons. The smallest absolute Gasteiger partial charge is 0.276 e. The molecular weight excluding hydrogens is 368 g/mol. The van der Waals surface area contributed by atoms with Crippen LogP contribution in [0.2, 0.25) is 0 Å². The summed E-state index contributed by atoms with van der Waals surface area (Å²) in [6.45, 7) is 6.60. The standard InChI is InChI=1S/C22H28N4O3/c1-5-18-14(2)23-21-11-19(24-26(21)22(18)27)15-8-9-25(12-15)13-16-10-17(28-3)6-7-20(16)29-4/h6-7,10-11,15,24H,5,8-9,12-13H2,1-4H3. The molecule has 7 nitrogen and oxygen atoms in total. The maximum absolute atomic E-state index is 12.7.